The van der Waals surface area contributed by atoms with Gasteiger partial charge in [-0.25, -0.2) is 0 Å². The average molecular weight is 178 g/mol. The van der Waals surface area contributed by atoms with Crippen molar-refractivity contribution >= 4 is 0 Å². The minimum absolute atomic E-state index is 0.590. The van der Waals surface area contributed by atoms with E-state index in [4.69, 9.17) is 0 Å². The maximum absolute atomic E-state index is 10.2. The van der Waals surface area contributed by atoms with E-state index in [0.717, 1.165) is 25.0 Å². The van der Waals surface area contributed by atoms with Gasteiger partial charge in [0.05, 0.1) is 11.9 Å². The van der Waals surface area contributed by atoms with Crippen molar-refractivity contribution in [1.29, 1.82) is 0 Å². The van der Waals surface area contributed by atoms with Crippen LogP contribution in [-0.2, 0) is 5.60 Å². The number of hydrogen-bond acceptors (Lipinski definition) is 3. The molecule has 3 heteroatoms. The van der Waals surface area contributed by atoms with Crippen LogP contribution in [0.1, 0.15) is 31.9 Å². The quantitative estimate of drug-likeness (QED) is 0.708. The predicted molar refractivity (Wildman–Crippen MR) is 48.9 cm³/mol. The SMILES string of the molecule is CC1CCC(O)(c2cnccn2)C1. The van der Waals surface area contributed by atoms with Gasteiger partial charge in [-0.05, 0) is 25.2 Å². The number of hydrogen-bond donors (Lipinski definition) is 1. The summed E-state index contributed by atoms with van der Waals surface area (Å²) in [5.41, 5.74) is 0.00701. The second-order valence-electron chi connectivity index (χ2n) is 3.97. The highest BCUT2D eigenvalue weighted by Gasteiger charge is 2.38. The van der Waals surface area contributed by atoms with E-state index in [9.17, 15) is 5.11 Å². The van der Waals surface area contributed by atoms with E-state index in [1.165, 1.54) is 0 Å². The summed E-state index contributed by atoms with van der Waals surface area (Å²) in [7, 11) is 0. The lowest BCUT2D eigenvalue weighted by Crippen LogP contribution is -2.23. The summed E-state index contributed by atoms with van der Waals surface area (Å²) in [6.45, 7) is 2.16. The maximum atomic E-state index is 10.2. The van der Waals surface area contributed by atoms with Crippen molar-refractivity contribution in [3.05, 3.63) is 24.3 Å². The van der Waals surface area contributed by atoms with Gasteiger partial charge in [0.15, 0.2) is 0 Å². The molecule has 1 N–H and O–H groups in total. The van der Waals surface area contributed by atoms with Gasteiger partial charge >= 0.3 is 0 Å². The maximum Gasteiger partial charge on any atom is 0.108 e. The Kier molecular flexibility index (Phi) is 2.04. The summed E-state index contributed by atoms with van der Waals surface area (Å²) in [4.78, 5) is 8.13. The molecule has 1 aromatic heterocycles. The predicted octanol–water partition coefficient (Wildman–Crippen LogP) is 1.48. The second-order valence-corrected chi connectivity index (χ2v) is 3.97. The molecule has 1 saturated carbocycles. The summed E-state index contributed by atoms with van der Waals surface area (Å²) >= 11 is 0. The molecule has 70 valence electrons. The number of nitrogens with zero attached hydrogens (tertiary/aromatic N) is 2. The fourth-order valence-electron chi connectivity index (χ4n) is 2.04. The summed E-state index contributed by atoms with van der Waals surface area (Å²) in [5.74, 6) is 0.590. The first-order valence-corrected chi connectivity index (χ1v) is 4.69. The lowest BCUT2D eigenvalue weighted by Gasteiger charge is -2.20. The van der Waals surface area contributed by atoms with Crippen molar-refractivity contribution in [1.82, 2.24) is 9.97 Å². The number of aromatic nitrogens is 2. The summed E-state index contributed by atoms with van der Waals surface area (Å²) in [6.07, 6.45) is 7.63. The van der Waals surface area contributed by atoms with Crippen molar-refractivity contribution < 1.29 is 5.11 Å². The molecule has 1 fully saturated rings. The number of aliphatic hydroxyl groups is 1. The van der Waals surface area contributed by atoms with Crippen molar-refractivity contribution in [3.8, 4) is 0 Å². The van der Waals surface area contributed by atoms with Crippen LogP contribution in [0.3, 0.4) is 0 Å². The molecule has 0 amide bonds. The first-order valence-electron chi connectivity index (χ1n) is 4.69. The van der Waals surface area contributed by atoms with Crippen molar-refractivity contribution in [2.75, 3.05) is 0 Å². The molecular formula is C10H14N2O. The van der Waals surface area contributed by atoms with Crippen LogP contribution in [0.2, 0.25) is 0 Å². The van der Waals surface area contributed by atoms with Gasteiger partial charge in [0, 0.05) is 12.4 Å². The smallest absolute Gasteiger partial charge is 0.108 e. The van der Waals surface area contributed by atoms with Gasteiger partial charge in [0.25, 0.3) is 0 Å². The van der Waals surface area contributed by atoms with Crippen LogP contribution in [0.15, 0.2) is 18.6 Å². The molecule has 13 heavy (non-hydrogen) atoms. The zero-order chi connectivity index (χ0) is 9.31. The third-order valence-electron chi connectivity index (χ3n) is 2.78. The fraction of sp³-hybridized carbons (Fsp3) is 0.600. The molecule has 3 nitrogen and oxygen atoms in total. The summed E-state index contributed by atoms with van der Waals surface area (Å²) in [5, 5.41) is 10.2. The molecule has 1 aromatic rings. The highest BCUT2D eigenvalue weighted by Crippen LogP contribution is 2.40. The van der Waals surface area contributed by atoms with Crippen LogP contribution in [0, 0.1) is 5.92 Å². The molecule has 0 saturated heterocycles. The van der Waals surface area contributed by atoms with E-state index >= 15 is 0 Å². The van der Waals surface area contributed by atoms with Crippen LogP contribution in [0.25, 0.3) is 0 Å². The zero-order valence-corrected chi connectivity index (χ0v) is 7.77. The Bertz CT molecular complexity index is 288. The monoisotopic (exact) mass is 178 g/mol. The molecule has 2 unspecified atom stereocenters. The Hall–Kier alpha value is -0.960. The van der Waals surface area contributed by atoms with Crippen molar-refractivity contribution in [2.24, 2.45) is 5.92 Å². The van der Waals surface area contributed by atoms with Crippen LogP contribution < -0.4 is 0 Å². The van der Waals surface area contributed by atoms with Crippen LogP contribution in [-0.4, -0.2) is 15.1 Å². The Labute approximate surface area is 77.8 Å². The molecular weight excluding hydrogens is 164 g/mol. The largest absolute Gasteiger partial charge is 0.383 e. The van der Waals surface area contributed by atoms with E-state index in [0.29, 0.717) is 5.92 Å². The van der Waals surface area contributed by atoms with E-state index in [1.807, 2.05) is 0 Å². The first kappa shape index (κ1) is 8.63. The van der Waals surface area contributed by atoms with E-state index in [1.54, 1.807) is 18.6 Å². The summed E-state index contributed by atoms with van der Waals surface area (Å²) in [6, 6.07) is 0. The normalized spacial score (nSPS) is 33.5. The molecule has 0 aromatic carbocycles. The third kappa shape index (κ3) is 1.56. The number of rotatable bonds is 1. The molecule has 0 bridgehead atoms. The molecule has 1 aliphatic rings. The van der Waals surface area contributed by atoms with E-state index in [-0.39, 0.29) is 0 Å². The highest BCUT2D eigenvalue weighted by atomic mass is 16.3. The van der Waals surface area contributed by atoms with Gasteiger partial charge < -0.3 is 5.11 Å². The van der Waals surface area contributed by atoms with Crippen LogP contribution >= 0.6 is 0 Å². The average Bonchev–Trinajstić information content (AvgIpc) is 2.49. The zero-order valence-electron chi connectivity index (χ0n) is 7.77. The van der Waals surface area contributed by atoms with E-state index in [2.05, 4.69) is 16.9 Å². The molecule has 2 rings (SSSR count). The van der Waals surface area contributed by atoms with Crippen LogP contribution in [0.5, 0.6) is 0 Å². The topological polar surface area (TPSA) is 46.0 Å². The van der Waals surface area contributed by atoms with Crippen molar-refractivity contribution in [2.45, 2.75) is 31.8 Å². The lowest BCUT2D eigenvalue weighted by atomic mass is 9.97. The van der Waals surface area contributed by atoms with E-state index < -0.39 is 5.60 Å². The van der Waals surface area contributed by atoms with Gasteiger partial charge in [-0.3, -0.25) is 9.97 Å². The van der Waals surface area contributed by atoms with Gasteiger partial charge in [-0.15, -0.1) is 0 Å². The standard InChI is InChI=1S/C10H14N2O/c1-8-2-3-10(13,6-8)9-7-11-4-5-12-9/h4-5,7-8,13H,2-3,6H2,1H3. The third-order valence-corrected chi connectivity index (χ3v) is 2.78. The molecule has 2 atom stereocenters. The lowest BCUT2D eigenvalue weighted by molar-refractivity contribution is 0.0359. The Morgan fingerprint density at radius 2 is 2.38 bits per heavy atom. The minimum Gasteiger partial charge on any atom is -0.383 e. The molecule has 0 aliphatic heterocycles. The van der Waals surface area contributed by atoms with Crippen molar-refractivity contribution in [3.63, 3.8) is 0 Å². The van der Waals surface area contributed by atoms with Gasteiger partial charge in [-0.2, -0.15) is 0 Å². The van der Waals surface area contributed by atoms with Gasteiger partial charge in [0.2, 0.25) is 0 Å². The molecule has 1 aliphatic carbocycles. The molecule has 0 radical (unpaired) electrons. The Balaban J connectivity index is 2.26. The first-order chi connectivity index (χ1) is 6.21. The minimum atomic E-state index is -0.715. The second kappa shape index (κ2) is 3.07. The van der Waals surface area contributed by atoms with Crippen LogP contribution in [0.4, 0.5) is 0 Å². The van der Waals surface area contributed by atoms with Gasteiger partial charge in [0.1, 0.15) is 5.60 Å². The highest BCUT2D eigenvalue weighted by molar-refractivity contribution is 5.10. The Morgan fingerprint density at radius 3 is 2.92 bits per heavy atom. The molecule has 1 heterocycles. The molecule has 0 spiro atoms. The van der Waals surface area contributed by atoms with Gasteiger partial charge in [-0.1, -0.05) is 6.92 Å². The summed E-state index contributed by atoms with van der Waals surface area (Å²) < 4.78 is 0. The fourth-order valence-corrected chi connectivity index (χ4v) is 2.04. The Morgan fingerprint density at radius 1 is 1.54 bits per heavy atom.